The molecule has 0 unspecified atom stereocenters. The van der Waals surface area contributed by atoms with Crippen LogP contribution in [0.4, 0.5) is 11.4 Å². The van der Waals surface area contributed by atoms with Crippen molar-refractivity contribution in [2.75, 3.05) is 18.1 Å². The van der Waals surface area contributed by atoms with Gasteiger partial charge in [-0.15, -0.1) is 0 Å². The first-order chi connectivity index (χ1) is 11.3. The van der Waals surface area contributed by atoms with Gasteiger partial charge < -0.3 is 19.5 Å². The minimum absolute atomic E-state index is 0.245. The summed E-state index contributed by atoms with van der Waals surface area (Å²) in [6.07, 6.45) is -0.652. The van der Waals surface area contributed by atoms with Crippen LogP contribution in [-0.2, 0) is 4.74 Å². The highest BCUT2D eigenvalue weighted by atomic mass is 16.5. The van der Waals surface area contributed by atoms with E-state index < -0.39 is 6.10 Å². The van der Waals surface area contributed by atoms with Gasteiger partial charge in [0.25, 0.3) is 0 Å². The second-order valence-electron chi connectivity index (χ2n) is 5.75. The quantitative estimate of drug-likeness (QED) is 0.867. The van der Waals surface area contributed by atoms with Crippen molar-refractivity contribution >= 4 is 18.1 Å². The van der Waals surface area contributed by atoms with Gasteiger partial charge in [0.15, 0.2) is 11.5 Å². The molecule has 1 N–H and O–H groups in total. The average Bonchev–Trinajstić information content (AvgIpc) is 2.60. The molecule has 0 spiro atoms. The lowest BCUT2D eigenvalue weighted by Gasteiger charge is -2.43. The van der Waals surface area contributed by atoms with E-state index in [-0.39, 0.29) is 12.1 Å². The second kappa shape index (κ2) is 5.68. The van der Waals surface area contributed by atoms with Crippen LogP contribution in [-0.4, -0.2) is 43.2 Å². The molecule has 0 bridgehead atoms. The number of ether oxygens (including phenoxy) is 2. The predicted molar refractivity (Wildman–Crippen MR) is 89.0 cm³/mol. The molecular formula is C18H18N2O3. The highest BCUT2D eigenvalue weighted by Gasteiger charge is 2.39. The van der Waals surface area contributed by atoms with Gasteiger partial charge in [-0.2, -0.15) is 0 Å². The third kappa shape index (κ3) is 2.29. The number of hydrogen-bond acceptors (Lipinski definition) is 5. The summed E-state index contributed by atoms with van der Waals surface area (Å²) < 4.78 is 11.7. The van der Waals surface area contributed by atoms with E-state index >= 15 is 0 Å². The Balaban J connectivity index is 1.82. The zero-order valence-corrected chi connectivity index (χ0v) is 12.6. The fourth-order valence-electron chi connectivity index (χ4n) is 3.24. The fraction of sp³-hybridized carbons (Fsp3) is 0.278. The number of aliphatic hydroxyl groups excluding tert-OH is 1. The Morgan fingerprint density at radius 3 is 2.22 bits per heavy atom. The van der Waals surface area contributed by atoms with Crippen molar-refractivity contribution in [3.8, 4) is 11.5 Å². The molecule has 118 valence electrons. The van der Waals surface area contributed by atoms with Gasteiger partial charge in [-0.25, -0.2) is 0 Å². The van der Waals surface area contributed by atoms with Gasteiger partial charge in [0, 0.05) is 0 Å². The van der Waals surface area contributed by atoms with E-state index in [1.165, 1.54) is 0 Å². The van der Waals surface area contributed by atoms with Gasteiger partial charge >= 0.3 is 0 Å². The van der Waals surface area contributed by atoms with Gasteiger partial charge in [-0.3, -0.25) is 4.99 Å². The minimum Gasteiger partial charge on any atom is -0.453 e. The smallest absolute Gasteiger partial charge is 0.151 e. The van der Waals surface area contributed by atoms with E-state index in [0.29, 0.717) is 13.2 Å². The molecule has 5 nitrogen and oxygen atoms in total. The lowest BCUT2D eigenvalue weighted by molar-refractivity contribution is -0.0185. The molecule has 1 fully saturated rings. The molecule has 2 aromatic rings. The lowest BCUT2D eigenvalue weighted by Crippen LogP contribution is -2.54. The number of benzene rings is 2. The molecule has 0 aromatic heterocycles. The average molecular weight is 310 g/mol. The molecule has 3 atom stereocenters. The van der Waals surface area contributed by atoms with Gasteiger partial charge in [0.2, 0.25) is 0 Å². The summed E-state index contributed by atoms with van der Waals surface area (Å²) in [6, 6.07) is 15.1. The molecule has 1 saturated heterocycles. The first kappa shape index (κ1) is 14.2. The van der Waals surface area contributed by atoms with Crippen LogP contribution in [0.3, 0.4) is 0 Å². The van der Waals surface area contributed by atoms with Crippen LogP contribution in [0.25, 0.3) is 0 Å². The van der Waals surface area contributed by atoms with Crippen molar-refractivity contribution in [1.82, 2.24) is 0 Å². The number of anilines is 2. The number of nitrogens with zero attached hydrogens (tertiary/aromatic N) is 2. The van der Waals surface area contributed by atoms with Gasteiger partial charge in [0.1, 0.15) is 12.1 Å². The fourth-order valence-corrected chi connectivity index (χ4v) is 3.24. The zero-order chi connectivity index (χ0) is 15.8. The van der Waals surface area contributed by atoms with E-state index in [2.05, 4.69) is 16.6 Å². The van der Waals surface area contributed by atoms with E-state index in [1.54, 1.807) is 0 Å². The molecule has 4 rings (SSSR count). The van der Waals surface area contributed by atoms with Crippen molar-refractivity contribution in [3.63, 3.8) is 0 Å². The minimum atomic E-state index is -0.652. The third-order valence-electron chi connectivity index (χ3n) is 4.40. The largest absolute Gasteiger partial charge is 0.453 e. The van der Waals surface area contributed by atoms with Crippen LogP contribution in [0, 0.1) is 0 Å². The number of fused-ring (bicyclic) bond motifs is 2. The summed E-state index contributed by atoms with van der Waals surface area (Å²) in [5.74, 6) is 1.54. The number of aliphatic hydroxyl groups is 1. The predicted octanol–water partition coefficient (Wildman–Crippen LogP) is 2.76. The summed E-state index contributed by atoms with van der Waals surface area (Å²) in [5, 5.41) is 10.7. The molecule has 2 aromatic carbocycles. The summed E-state index contributed by atoms with van der Waals surface area (Å²) in [7, 11) is 0. The van der Waals surface area contributed by atoms with Crippen LogP contribution in [0.15, 0.2) is 53.5 Å². The summed E-state index contributed by atoms with van der Waals surface area (Å²) in [4.78, 5) is 6.10. The Kier molecular flexibility index (Phi) is 3.52. The van der Waals surface area contributed by atoms with E-state index in [0.717, 1.165) is 22.9 Å². The maximum Gasteiger partial charge on any atom is 0.151 e. The van der Waals surface area contributed by atoms with Crippen molar-refractivity contribution in [1.29, 1.82) is 0 Å². The molecule has 2 heterocycles. The van der Waals surface area contributed by atoms with Crippen LogP contribution in [0.1, 0.15) is 0 Å². The maximum absolute atomic E-state index is 10.7. The Bertz CT molecular complexity index is 688. The molecule has 0 saturated carbocycles. The number of rotatable bonds is 2. The number of hydrogen-bond donors (Lipinski definition) is 1. The van der Waals surface area contributed by atoms with Crippen LogP contribution >= 0.6 is 0 Å². The number of aliphatic imine (C=N–C) groups is 1. The number of para-hydroxylation sites is 4. The monoisotopic (exact) mass is 310 g/mol. The molecule has 0 amide bonds. The lowest BCUT2D eigenvalue weighted by atomic mass is 9.98. The van der Waals surface area contributed by atoms with Crippen LogP contribution < -0.4 is 9.64 Å². The molecule has 2 aliphatic heterocycles. The summed E-state index contributed by atoms with van der Waals surface area (Å²) in [6.45, 7) is 4.39. The Morgan fingerprint density at radius 2 is 1.61 bits per heavy atom. The van der Waals surface area contributed by atoms with Crippen molar-refractivity contribution < 1.29 is 14.6 Å². The summed E-state index contributed by atoms with van der Waals surface area (Å²) in [5.41, 5.74) is 1.84. The maximum atomic E-state index is 10.7. The molecule has 0 radical (unpaired) electrons. The van der Waals surface area contributed by atoms with Crippen LogP contribution in [0.5, 0.6) is 11.5 Å². The van der Waals surface area contributed by atoms with Crippen molar-refractivity contribution in [2.45, 2.75) is 18.2 Å². The molecule has 23 heavy (non-hydrogen) atoms. The topological polar surface area (TPSA) is 54.3 Å². The Hall–Kier alpha value is -2.37. The normalized spacial score (nSPS) is 26.0. The molecular weight excluding hydrogens is 292 g/mol. The second-order valence-corrected chi connectivity index (χ2v) is 5.75. The summed E-state index contributed by atoms with van der Waals surface area (Å²) >= 11 is 0. The zero-order valence-electron chi connectivity index (χ0n) is 12.6. The van der Waals surface area contributed by atoms with Crippen molar-refractivity contribution in [2.24, 2.45) is 4.99 Å². The molecule has 2 aliphatic rings. The molecule has 5 heteroatoms. The molecule has 0 aliphatic carbocycles. The van der Waals surface area contributed by atoms with E-state index in [1.807, 2.05) is 48.5 Å². The first-order valence-electron chi connectivity index (χ1n) is 7.66. The van der Waals surface area contributed by atoms with Gasteiger partial charge in [0.05, 0.1) is 30.6 Å². The highest BCUT2D eigenvalue weighted by molar-refractivity contribution is 5.78. The Morgan fingerprint density at radius 1 is 1.00 bits per heavy atom. The highest BCUT2D eigenvalue weighted by Crippen LogP contribution is 2.48. The van der Waals surface area contributed by atoms with Crippen LogP contribution in [0.2, 0.25) is 0 Å². The van der Waals surface area contributed by atoms with E-state index in [9.17, 15) is 5.11 Å². The van der Waals surface area contributed by atoms with E-state index in [4.69, 9.17) is 9.47 Å². The van der Waals surface area contributed by atoms with Crippen molar-refractivity contribution in [3.05, 3.63) is 48.5 Å². The third-order valence-corrected chi connectivity index (χ3v) is 4.40. The standard InChI is InChI=1S/C18H18N2O3/c1-19-12-10-22-11-15(18(12)21)20-13-6-2-4-8-16(13)23-17-9-5-3-7-14(17)20/h2-9,12,15,18,21H,1,10-11H2/t12-,15+,18+/m1/s1. The first-order valence-corrected chi connectivity index (χ1v) is 7.66. The van der Waals surface area contributed by atoms with Gasteiger partial charge in [-0.1, -0.05) is 24.3 Å². The Labute approximate surface area is 134 Å². The SMILES string of the molecule is C=N[C@@H]1COC[C@H](N2c3ccccc3Oc3ccccc32)[C@H]1O. The van der Waals surface area contributed by atoms with Gasteiger partial charge in [-0.05, 0) is 31.0 Å².